The minimum absolute atomic E-state index is 0.570. The highest BCUT2D eigenvalue weighted by Crippen LogP contribution is 2.46. The lowest BCUT2D eigenvalue weighted by Crippen LogP contribution is -2.03. The second-order valence-corrected chi connectivity index (χ2v) is 23.9. The molecule has 439 valence electrons. The van der Waals surface area contributed by atoms with Crippen molar-refractivity contribution in [2.45, 2.75) is 0 Å². The monoisotopic (exact) mass is 1200 g/mol. The molecule has 0 spiro atoms. The lowest BCUT2D eigenvalue weighted by atomic mass is 9.98. The molecule has 1 radical (unpaired) electrons. The molecule has 6 aromatic heterocycles. The standard InChI is InChI=1S/C60H36N4O.C24H15BNO3/c1-3-13-37(14-4-1)38-23-25-40(26-24-38)58-47-20-9-11-21-50(47)61-60(62-58)64-52-32-29-41(35-48(52)56-44-18-8-7-15-39(44)27-33-53(56)64)42-28-31-51-49(36-42)57-54(63(51)43-16-5-2-6-17-43)34-30-46-45-19-10-12-22-55(45)65-59(46)57;27-25-29-16-10-12-20-19(14-16)23-21(26(20)15-6-2-1-3-7-15)13-11-18-17-8-4-5-9-22(17)28-24(18)23/h1-36H;1-14,27H. The Labute approximate surface area is 537 Å². The Kier molecular flexibility index (Phi) is 12.1. The smallest absolute Gasteiger partial charge is 0.537 e. The van der Waals surface area contributed by atoms with E-state index in [4.69, 9.17) is 28.5 Å². The summed E-state index contributed by atoms with van der Waals surface area (Å²) in [6, 6.07) is 106. The number of hydrogen-bond acceptors (Lipinski definition) is 6. The van der Waals surface area contributed by atoms with E-state index in [0.29, 0.717) is 19.4 Å². The molecule has 0 amide bonds. The Hall–Kier alpha value is -12.5. The van der Waals surface area contributed by atoms with Crippen molar-refractivity contribution in [3.8, 4) is 56.6 Å². The van der Waals surface area contributed by atoms with Crippen LogP contribution < -0.4 is 4.65 Å². The number of rotatable bonds is 8. The fourth-order valence-corrected chi connectivity index (χ4v) is 14.6. The van der Waals surface area contributed by atoms with Gasteiger partial charge in [-0.05, 0) is 148 Å². The van der Waals surface area contributed by atoms with Gasteiger partial charge in [0.05, 0.1) is 55.1 Å². The molecule has 0 saturated heterocycles. The van der Waals surface area contributed by atoms with Crippen molar-refractivity contribution >= 4 is 139 Å². The van der Waals surface area contributed by atoms with Crippen molar-refractivity contribution in [1.82, 2.24) is 23.7 Å². The van der Waals surface area contributed by atoms with Crippen molar-refractivity contribution in [3.63, 3.8) is 0 Å². The molecule has 0 aliphatic carbocycles. The van der Waals surface area contributed by atoms with Crippen LogP contribution in [0.15, 0.2) is 312 Å². The van der Waals surface area contributed by atoms with E-state index in [1.165, 1.54) is 27.3 Å². The molecule has 20 aromatic rings. The van der Waals surface area contributed by atoms with Gasteiger partial charge < -0.3 is 27.6 Å². The predicted molar refractivity (Wildman–Crippen MR) is 386 cm³/mol. The minimum Gasteiger partial charge on any atom is -0.537 e. The summed E-state index contributed by atoms with van der Waals surface area (Å²) in [5.74, 6) is 1.21. The number of hydrogen-bond donors (Lipinski definition) is 1. The van der Waals surface area contributed by atoms with E-state index in [1.54, 1.807) is 0 Å². The second-order valence-electron chi connectivity index (χ2n) is 23.9. The molecule has 0 aliphatic rings. The van der Waals surface area contributed by atoms with Crippen molar-refractivity contribution < 1.29 is 18.5 Å². The summed E-state index contributed by atoms with van der Waals surface area (Å²) in [6.45, 7) is 0. The highest BCUT2D eigenvalue weighted by Gasteiger charge is 2.24. The van der Waals surface area contributed by atoms with Gasteiger partial charge in [-0.3, -0.25) is 4.57 Å². The van der Waals surface area contributed by atoms with Gasteiger partial charge in [-0.2, -0.15) is 0 Å². The SMILES string of the molecule is O[B]Oc1ccc2c(c1)c1c3oc4ccccc4c3ccc1n2-c1ccccc1.c1ccc(-c2ccc(-c3nc(-n4c5ccc(-c6ccc7c(c6)c6c8oc9ccccc9c8ccc6n7-c6ccccc6)cc5c5c6ccccc6ccc54)nc4ccccc34)cc2)cc1. The quantitative estimate of drug-likeness (QED) is 0.152. The summed E-state index contributed by atoms with van der Waals surface area (Å²) < 4.78 is 25.1. The molecule has 0 aliphatic heterocycles. The van der Waals surface area contributed by atoms with E-state index < -0.39 is 0 Å². The molecule has 20 rings (SSSR count). The van der Waals surface area contributed by atoms with Crippen LogP contribution >= 0.6 is 0 Å². The first-order valence-corrected chi connectivity index (χ1v) is 31.5. The fraction of sp³-hybridized carbons (Fsp3) is 0. The average Bonchev–Trinajstić information content (AvgIpc) is 1.57. The first kappa shape index (κ1) is 53.4. The highest BCUT2D eigenvalue weighted by molar-refractivity contribution is 6.27. The molecule has 0 bridgehead atoms. The van der Waals surface area contributed by atoms with Gasteiger partial charge in [0.2, 0.25) is 5.95 Å². The van der Waals surface area contributed by atoms with Crippen molar-refractivity contribution in [2.75, 3.05) is 0 Å². The number of furan rings is 2. The lowest BCUT2D eigenvalue weighted by molar-refractivity contribution is 0.454. The summed E-state index contributed by atoms with van der Waals surface area (Å²) in [5.41, 5.74) is 19.6. The van der Waals surface area contributed by atoms with Gasteiger partial charge in [0.1, 0.15) is 28.1 Å². The van der Waals surface area contributed by atoms with E-state index in [1.807, 2.05) is 60.7 Å². The fourth-order valence-electron chi connectivity index (χ4n) is 14.6. The van der Waals surface area contributed by atoms with Gasteiger partial charge in [-0.25, -0.2) is 9.97 Å². The van der Waals surface area contributed by atoms with Crippen LogP contribution in [0, 0.1) is 0 Å². The van der Waals surface area contributed by atoms with Gasteiger partial charge in [-0.1, -0.05) is 188 Å². The highest BCUT2D eigenvalue weighted by atomic mass is 16.5. The van der Waals surface area contributed by atoms with Gasteiger partial charge in [0.15, 0.2) is 0 Å². The van der Waals surface area contributed by atoms with E-state index in [9.17, 15) is 0 Å². The maximum absolute atomic E-state index is 9.08. The molecule has 0 saturated carbocycles. The molecular weight excluding hydrogens is 1150 g/mol. The first-order chi connectivity index (χ1) is 46.6. The van der Waals surface area contributed by atoms with Crippen LogP contribution in [0.3, 0.4) is 0 Å². The molecular formula is C84H51BN5O4. The minimum atomic E-state index is 0.570. The topological polar surface area (TPSA) is 96.3 Å². The van der Waals surface area contributed by atoms with Crippen LogP contribution in [-0.2, 0) is 0 Å². The summed E-state index contributed by atoms with van der Waals surface area (Å²) in [6.07, 6.45) is 0. The second kappa shape index (κ2) is 21.3. The molecule has 9 nitrogen and oxygen atoms in total. The van der Waals surface area contributed by atoms with Crippen LogP contribution in [-0.4, -0.2) is 36.4 Å². The molecule has 6 heterocycles. The largest absolute Gasteiger partial charge is 0.569 e. The average molecular weight is 1210 g/mol. The molecule has 0 fully saturated rings. The Balaban J connectivity index is 0.000000180. The molecule has 0 unspecified atom stereocenters. The van der Waals surface area contributed by atoms with Gasteiger partial charge in [-0.15, -0.1) is 0 Å². The van der Waals surface area contributed by atoms with Gasteiger partial charge >= 0.3 is 7.69 Å². The summed E-state index contributed by atoms with van der Waals surface area (Å²) in [7, 11) is 0.703. The number of fused-ring (bicyclic) bond motifs is 20. The van der Waals surface area contributed by atoms with Crippen molar-refractivity contribution in [2.24, 2.45) is 0 Å². The maximum Gasteiger partial charge on any atom is 0.569 e. The van der Waals surface area contributed by atoms with Crippen molar-refractivity contribution in [1.29, 1.82) is 0 Å². The first-order valence-electron chi connectivity index (χ1n) is 31.5. The molecule has 14 aromatic carbocycles. The van der Waals surface area contributed by atoms with E-state index in [-0.39, 0.29) is 0 Å². The van der Waals surface area contributed by atoms with Crippen LogP contribution in [0.2, 0.25) is 0 Å². The third-order valence-electron chi connectivity index (χ3n) is 18.8. The van der Waals surface area contributed by atoms with E-state index in [0.717, 1.165) is 149 Å². The summed E-state index contributed by atoms with van der Waals surface area (Å²) >= 11 is 0. The molecule has 1 N–H and O–H groups in total. The number of benzene rings is 14. The normalized spacial score (nSPS) is 11.9. The number of aromatic nitrogens is 5. The van der Waals surface area contributed by atoms with Gasteiger partial charge in [0.25, 0.3) is 0 Å². The van der Waals surface area contributed by atoms with Crippen LogP contribution in [0.4, 0.5) is 0 Å². The lowest BCUT2D eigenvalue weighted by Gasteiger charge is -2.12. The van der Waals surface area contributed by atoms with Crippen molar-refractivity contribution in [3.05, 3.63) is 303 Å². The Bertz CT molecular complexity index is 6430. The van der Waals surface area contributed by atoms with Gasteiger partial charge in [0, 0.05) is 65.4 Å². The molecule has 0 atom stereocenters. The van der Waals surface area contributed by atoms with Crippen LogP contribution in [0.1, 0.15) is 0 Å². The summed E-state index contributed by atoms with van der Waals surface area (Å²) in [5, 5.41) is 23.5. The number of para-hydroxylation sites is 5. The Morgan fingerprint density at radius 1 is 0.309 bits per heavy atom. The van der Waals surface area contributed by atoms with E-state index in [2.05, 4.69) is 256 Å². The number of nitrogens with zero attached hydrogens (tertiary/aromatic N) is 5. The third-order valence-corrected chi connectivity index (χ3v) is 18.8. The third kappa shape index (κ3) is 8.33. The zero-order chi connectivity index (χ0) is 62.0. The summed E-state index contributed by atoms with van der Waals surface area (Å²) in [4.78, 5) is 10.7. The molecule has 94 heavy (non-hydrogen) atoms. The van der Waals surface area contributed by atoms with Crippen LogP contribution in [0.5, 0.6) is 5.75 Å². The van der Waals surface area contributed by atoms with E-state index >= 15 is 0 Å². The predicted octanol–water partition coefficient (Wildman–Crippen LogP) is 21.5. The zero-order valence-corrected chi connectivity index (χ0v) is 50.4. The maximum atomic E-state index is 9.08. The Morgan fingerprint density at radius 3 is 1.37 bits per heavy atom. The zero-order valence-electron chi connectivity index (χ0n) is 50.4. The molecule has 10 heteroatoms. The van der Waals surface area contributed by atoms with Crippen LogP contribution in [0.25, 0.3) is 182 Å². The Morgan fingerprint density at radius 2 is 0.755 bits per heavy atom.